The standard InChI is InChI=1S/C8H8F2N2O5S/c9-8(10)17-7-5(4-18(11,15)16)2-1-3-6(7)12(13)14/h1-3,8H,4H2,(H2,11,15,16). The van der Waals surface area contributed by atoms with Gasteiger partial charge in [0, 0.05) is 11.6 Å². The molecular formula is C8H8F2N2O5S. The largest absolute Gasteiger partial charge is 0.427 e. The maximum atomic E-state index is 12.2. The van der Waals surface area contributed by atoms with Gasteiger partial charge in [0.05, 0.1) is 10.7 Å². The Bertz CT molecular complexity index is 561. The molecule has 0 bridgehead atoms. The summed E-state index contributed by atoms with van der Waals surface area (Å²) in [6.07, 6.45) is 0. The van der Waals surface area contributed by atoms with Crippen LogP contribution in [0.15, 0.2) is 18.2 Å². The third-order valence-corrected chi connectivity index (χ3v) is 2.55. The molecule has 0 saturated heterocycles. The van der Waals surface area contributed by atoms with Gasteiger partial charge in [-0.1, -0.05) is 12.1 Å². The average Bonchev–Trinajstić information content (AvgIpc) is 2.17. The van der Waals surface area contributed by atoms with E-state index in [1.807, 2.05) is 0 Å². The van der Waals surface area contributed by atoms with E-state index in [4.69, 9.17) is 5.14 Å². The van der Waals surface area contributed by atoms with Crippen LogP contribution in [-0.2, 0) is 15.8 Å². The third-order valence-electron chi connectivity index (χ3n) is 1.84. The number of nitro groups is 1. The van der Waals surface area contributed by atoms with Crippen LogP contribution in [0.25, 0.3) is 0 Å². The van der Waals surface area contributed by atoms with Gasteiger partial charge in [0.1, 0.15) is 0 Å². The number of nitrogens with zero attached hydrogens (tertiary/aromatic N) is 1. The SMILES string of the molecule is NS(=O)(=O)Cc1cccc([N+](=O)[O-])c1OC(F)F. The molecule has 0 amide bonds. The van der Waals surface area contributed by atoms with Crippen molar-refractivity contribution in [3.05, 3.63) is 33.9 Å². The number of halogens is 2. The van der Waals surface area contributed by atoms with Gasteiger partial charge >= 0.3 is 12.3 Å². The number of sulfonamides is 1. The van der Waals surface area contributed by atoms with Crippen LogP contribution in [0.1, 0.15) is 5.56 Å². The van der Waals surface area contributed by atoms with Gasteiger partial charge in [0.2, 0.25) is 15.8 Å². The Morgan fingerprint density at radius 2 is 2.06 bits per heavy atom. The van der Waals surface area contributed by atoms with E-state index in [9.17, 15) is 27.3 Å². The number of ether oxygens (including phenoxy) is 1. The second-order valence-corrected chi connectivity index (χ2v) is 4.82. The molecule has 0 aliphatic heterocycles. The van der Waals surface area contributed by atoms with E-state index in [2.05, 4.69) is 4.74 Å². The van der Waals surface area contributed by atoms with Crippen molar-refractivity contribution in [3.8, 4) is 5.75 Å². The quantitative estimate of drug-likeness (QED) is 0.639. The summed E-state index contributed by atoms with van der Waals surface area (Å²) in [6, 6.07) is 3.18. The lowest BCUT2D eigenvalue weighted by Crippen LogP contribution is -2.16. The highest BCUT2D eigenvalue weighted by molar-refractivity contribution is 7.88. The summed E-state index contributed by atoms with van der Waals surface area (Å²) in [5, 5.41) is 15.4. The number of nitrogens with two attached hydrogens (primary N) is 1. The first-order valence-corrected chi connectivity index (χ1v) is 6.14. The molecule has 7 nitrogen and oxygen atoms in total. The number of rotatable bonds is 5. The summed E-state index contributed by atoms with van der Waals surface area (Å²) in [5.74, 6) is -1.64. The Morgan fingerprint density at radius 1 is 1.44 bits per heavy atom. The van der Waals surface area contributed by atoms with Gasteiger partial charge in [-0.25, -0.2) is 13.6 Å². The zero-order valence-corrected chi connectivity index (χ0v) is 9.56. The maximum Gasteiger partial charge on any atom is 0.387 e. The Balaban J connectivity index is 3.32. The van der Waals surface area contributed by atoms with Crippen LogP contribution in [0.3, 0.4) is 0 Å². The van der Waals surface area contributed by atoms with Crippen molar-refractivity contribution in [3.63, 3.8) is 0 Å². The Morgan fingerprint density at radius 3 is 2.50 bits per heavy atom. The van der Waals surface area contributed by atoms with Crippen molar-refractivity contribution >= 4 is 15.7 Å². The lowest BCUT2D eigenvalue weighted by molar-refractivity contribution is -0.386. The third kappa shape index (κ3) is 3.89. The molecule has 1 aromatic carbocycles. The minimum Gasteiger partial charge on any atom is -0.427 e. The van der Waals surface area contributed by atoms with Crippen LogP contribution in [0, 0.1) is 10.1 Å². The van der Waals surface area contributed by atoms with E-state index in [1.54, 1.807) is 0 Å². The van der Waals surface area contributed by atoms with Gasteiger partial charge in [-0.2, -0.15) is 8.78 Å². The first kappa shape index (κ1) is 14.3. The van der Waals surface area contributed by atoms with Crippen molar-refractivity contribution < 1.29 is 26.9 Å². The van der Waals surface area contributed by atoms with Crippen LogP contribution in [0.4, 0.5) is 14.5 Å². The number of benzene rings is 1. The Labute approximate surface area is 100 Å². The topological polar surface area (TPSA) is 113 Å². The number of hydrogen-bond acceptors (Lipinski definition) is 5. The minimum atomic E-state index is -4.03. The van der Waals surface area contributed by atoms with Crippen molar-refractivity contribution in [2.24, 2.45) is 5.14 Å². The van der Waals surface area contributed by atoms with Gasteiger partial charge < -0.3 is 4.74 Å². The fourth-order valence-corrected chi connectivity index (χ4v) is 1.93. The van der Waals surface area contributed by atoms with Crippen LogP contribution in [-0.4, -0.2) is 20.0 Å². The Hall–Kier alpha value is -1.81. The van der Waals surface area contributed by atoms with E-state index >= 15 is 0 Å². The summed E-state index contributed by atoms with van der Waals surface area (Å²) in [7, 11) is -4.03. The van der Waals surface area contributed by atoms with Crippen LogP contribution in [0.5, 0.6) is 5.75 Å². The summed E-state index contributed by atoms with van der Waals surface area (Å²) in [4.78, 5) is 9.67. The summed E-state index contributed by atoms with van der Waals surface area (Å²) < 4.78 is 50.1. The summed E-state index contributed by atoms with van der Waals surface area (Å²) in [6.45, 7) is -3.31. The highest BCUT2D eigenvalue weighted by Crippen LogP contribution is 2.33. The second kappa shape index (κ2) is 5.23. The van der Waals surface area contributed by atoms with Crippen LogP contribution < -0.4 is 9.88 Å². The number of para-hydroxylation sites is 1. The fraction of sp³-hybridized carbons (Fsp3) is 0.250. The lowest BCUT2D eigenvalue weighted by atomic mass is 10.2. The highest BCUT2D eigenvalue weighted by atomic mass is 32.2. The molecule has 0 heterocycles. The van der Waals surface area contributed by atoms with Crippen molar-refractivity contribution in [1.82, 2.24) is 0 Å². The first-order valence-electron chi connectivity index (χ1n) is 4.42. The average molecular weight is 282 g/mol. The number of alkyl halides is 2. The zero-order chi connectivity index (χ0) is 13.9. The normalized spacial score (nSPS) is 11.6. The molecule has 18 heavy (non-hydrogen) atoms. The molecule has 1 aromatic rings. The van der Waals surface area contributed by atoms with Gasteiger partial charge in [-0.15, -0.1) is 0 Å². The molecule has 0 spiro atoms. The summed E-state index contributed by atoms with van der Waals surface area (Å²) in [5.41, 5.74) is -1.05. The minimum absolute atomic E-state index is 0.299. The van der Waals surface area contributed by atoms with Gasteiger partial charge in [-0.3, -0.25) is 10.1 Å². The van der Waals surface area contributed by atoms with Gasteiger partial charge in [0.15, 0.2) is 0 Å². The zero-order valence-electron chi connectivity index (χ0n) is 8.75. The second-order valence-electron chi connectivity index (χ2n) is 3.21. The van der Waals surface area contributed by atoms with Crippen molar-refractivity contribution in [2.45, 2.75) is 12.4 Å². The van der Waals surface area contributed by atoms with Gasteiger partial charge in [0.25, 0.3) is 0 Å². The number of hydrogen-bond donors (Lipinski definition) is 1. The van der Waals surface area contributed by atoms with E-state index < -0.39 is 38.7 Å². The van der Waals surface area contributed by atoms with Crippen molar-refractivity contribution in [1.29, 1.82) is 0 Å². The highest BCUT2D eigenvalue weighted by Gasteiger charge is 2.24. The Kier molecular flexibility index (Phi) is 4.14. The predicted octanol–water partition coefficient (Wildman–Crippen LogP) is 0.985. The summed E-state index contributed by atoms with van der Waals surface area (Å²) >= 11 is 0. The molecule has 0 aliphatic rings. The van der Waals surface area contributed by atoms with E-state index in [0.29, 0.717) is 0 Å². The fourth-order valence-electron chi connectivity index (χ4n) is 1.27. The molecular weight excluding hydrogens is 274 g/mol. The smallest absolute Gasteiger partial charge is 0.387 e. The molecule has 0 unspecified atom stereocenters. The van der Waals surface area contributed by atoms with Crippen molar-refractivity contribution in [2.75, 3.05) is 0 Å². The molecule has 0 fully saturated rings. The molecule has 0 aromatic heterocycles. The molecule has 0 aliphatic carbocycles. The maximum absolute atomic E-state index is 12.2. The predicted molar refractivity (Wildman–Crippen MR) is 56.5 cm³/mol. The molecule has 1 rings (SSSR count). The lowest BCUT2D eigenvalue weighted by Gasteiger charge is -2.09. The van der Waals surface area contributed by atoms with Crippen LogP contribution in [0.2, 0.25) is 0 Å². The molecule has 0 radical (unpaired) electrons. The van der Waals surface area contributed by atoms with E-state index in [-0.39, 0.29) is 5.56 Å². The van der Waals surface area contributed by atoms with Gasteiger partial charge in [-0.05, 0) is 0 Å². The van der Waals surface area contributed by atoms with E-state index in [0.717, 1.165) is 18.2 Å². The monoisotopic (exact) mass is 282 g/mol. The molecule has 100 valence electrons. The number of primary sulfonamides is 1. The van der Waals surface area contributed by atoms with E-state index in [1.165, 1.54) is 0 Å². The number of nitro benzene ring substituents is 1. The van der Waals surface area contributed by atoms with Crippen LogP contribution >= 0.6 is 0 Å². The molecule has 10 heteroatoms. The molecule has 0 saturated carbocycles. The molecule has 2 N–H and O–H groups in total. The molecule has 0 atom stereocenters. The first-order chi connectivity index (χ1) is 8.20.